The summed E-state index contributed by atoms with van der Waals surface area (Å²) in [4.78, 5) is 49.5. The molecule has 0 aliphatic carbocycles. The van der Waals surface area contributed by atoms with E-state index >= 15 is 0 Å². The summed E-state index contributed by atoms with van der Waals surface area (Å²) in [6.07, 6.45) is -4.02. The number of nitrogens with zero attached hydrogens (tertiary/aromatic N) is 1. The molecule has 3 saturated heterocycles. The number of pyridine rings is 1. The van der Waals surface area contributed by atoms with Crippen molar-refractivity contribution in [3.8, 4) is 16.9 Å². The molecule has 2 bridgehead atoms. The van der Waals surface area contributed by atoms with E-state index in [-0.39, 0.29) is 54.0 Å². The highest BCUT2D eigenvalue weighted by molar-refractivity contribution is 6.31. The number of aliphatic carboxylic acids is 1. The number of quaternary nitrogens is 1. The number of aromatic amines is 1. The molecule has 3 aliphatic rings. The van der Waals surface area contributed by atoms with Crippen molar-refractivity contribution in [2.24, 2.45) is 0 Å². The summed E-state index contributed by atoms with van der Waals surface area (Å²) in [5.41, 5.74) is 5.14. The lowest BCUT2D eigenvalue weighted by Crippen LogP contribution is -2.60. The van der Waals surface area contributed by atoms with Crippen LogP contribution in [-0.2, 0) is 32.0 Å². The third-order valence-electron chi connectivity index (χ3n) is 11.8. The second-order valence-corrected chi connectivity index (χ2v) is 16.7. The van der Waals surface area contributed by atoms with Crippen molar-refractivity contribution in [3.63, 3.8) is 0 Å². The van der Waals surface area contributed by atoms with Crippen LogP contribution in [0.3, 0.4) is 0 Å². The average Bonchev–Trinajstić information content (AvgIpc) is 4.00. The number of halogens is 4. The number of phenolic OH excluding ortho intramolecular Hbond substituents is 1. The number of hydrogen-bond acceptors (Lipinski definition) is 10. The third-order valence-corrected chi connectivity index (χ3v) is 12.2. The average molecular weight is 892 g/mol. The van der Waals surface area contributed by atoms with Gasteiger partial charge in [0.25, 0.3) is 0 Å². The monoisotopic (exact) mass is 891 g/mol. The number of piperidine rings is 1. The number of epoxide rings is 1. The first-order valence-electron chi connectivity index (χ1n) is 20.1. The van der Waals surface area contributed by atoms with Gasteiger partial charge in [-0.25, -0.2) is 4.79 Å². The Balaban J connectivity index is 0.000000785. The smallest absolute Gasteiger partial charge is 0.430 e. The zero-order valence-electron chi connectivity index (χ0n) is 34.1. The molecule has 18 heteroatoms. The number of aryl methyl sites for hydroxylation is 1. The fourth-order valence-electron chi connectivity index (χ4n) is 8.56. The zero-order chi connectivity index (χ0) is 45.2. The number of carbonyl (C=O) groups is 3. The molecule has 14 nitrogen and oxygen atoms in total. The first-order valence-corrected chi connectivity index (χ1v) is 20.5. The van der Waals surface area contributed by atoms with Crippen LogP contribution in [-0.4, -0.2) is 94.9 Å². The summed E-state index contributed by atoms with van der Waals surface area (Å²) in [6.45, 7) is 0.545. The highest BCUT2D eigenvalue weighted by Gasteiger charge is 2.70. The van der Waals surface area contributed by atoms with E-state index < -0.39 is 24.3 Å². The minimum absolute atomic E-state index is 0.0732. The van der Waals surface area contributed by atoms with Crippen molar-refractivity contribution in [1.82, 2.24) is 10.3 Å². The van der Waals surface area contributed by atoms with Crippen LogP contribution >= 0.6 is 11.6 Å². The van der Waals surface area contributed by atoms with Crippen molar-refractivity contribution >= 4 is 51.8 Å². The van der Waals surface area contributed by atoms with Gasteiger partial charge in [-0.2, -0.15) is 13.2 Å². The van der Waals surface area contributed by atoms with Gasteiger partial charge in [-0.15, -0.1) is 0 Å². The summed E-state index contributed by atoms with van der Waals surface area (Å²) in [5.74, 6) is -3.27. The Morgan fingerprint density at radius 2 is 1.67 bits per heavy atom. The second-order valence-electron chi connectivity index (χ2n) is 16.3. The molecule has 2 amide bonds. The highest BCUT2D eigenvalue weighted by atomic mass is 35.5. The predicted octanol–water partition coefficient (Wildman–Crippen LogP) is 5.55. The quantitative estimate of drug-likeness (QED) is 0.0681. The number of fused-ring (bicyclic) bond motifs is 6. The standard InChI is InChI=1S/C43H44ClN5O7.C2HF3O2/c1-49(2)34-20-28(21-35(49)42-41(34)56-42)55-43(54)47-33-18-24(8-12-29(33)25-6-4-3-5-7-25)9-16-38(52)46-27-11-10-26(32(44)19-27)22-45-23-37(51)30-13-15-36(50)40-31(30)14-17-39(53)48-40;3-2(4,5)1(6)7/h3-8,10-15,17-19,28,34-35,37,41-42,45,51H,9,16,20-23H2,1-2H3,(H3-,46,47,48,50,52,53,54);(H,6,7)/t28-,34-,35+,37-,41-,42+;/m0./s1. The molecular weight excluding hydrogens is 847 g/mol. The number of benzene rings is 4. The number of carboxylic acid groups (broad SMARTS) is 1. The molecule has 3 aliphatic heterocycles. The number of morpholine rings is 1. The number of likely N-dealkylation sites (N-methyl/N-ethyl adjacent to an activating group) is 1. The largest absolute Gasteiger partial charge is 0.542 e. The van der Waals surface area contributed by atoms with E-state index in [0.717, 1.165) is 39.6 Å². The van der Waals surface area contributed by atoms with E-state index in [1.807, 2.05) is 54.6 Å². The van der Waals surface area contributed by atoms with Crippen LogP contribution in [0.2, 0.25) is 5.02 Å². The lowest BCUT2D eigenvalue weighted by molar-refractivity contribution is -0.938. The molecule has 0 radical (unpaired) electrons. The predicted molar refractivity (Wildman–Crippen MR) is 226 cm³/mol. The highest BCUT2D eigenvalue weighted by Crippen LogP contribution is 2.51. The van der Waals surface area contributed by atoms with Gasteiger partial charge in [0.05, 0.1) is 31.4 Å². The summed E-state index contributed by atoms with van der Waals surface area (Å²) >= 11 is 6.59. The Labute approximate surface area is 364 Å². The van der Waals surface area contributed by atoms with Crippen molar-refractivity contribution in [2.75, 3.05) is 31.3 Å². The first kappa shape index (κ1) is 45.1. The fraction of sp³-hybridized carbons (Fsp3) is 0.333. The molecule has 0 unspecified atom stereocenters. The lowest BCUT2D eigenvalue weighted by Gasteiger charge is -2.45. The van der Waals surface area contributed by atoms with Crippen molar-refractivity contribution < 1.29 is 56.8 Å². The van der Waals surface area contributed by atoms with Crippen LogP contribution < -0.4 is 26.6 Å². The Hall–Kier alpha value is -5.98. The van der Waals surface area contributed by atoms with E-state index in [4.69, 9.17) is 31.0 Å². The van der Waals surface area contributed by atoms with Gasteiger partial charge in [-0.3, -0.25) is 14.9 Å². The number of aliphatic hydroxyl groups excluding tert-OH is 1. The normalized spacial score (nSPS) is 21.0. The molecule has 0 saturated carbocycles. The van der Waals surface area contributed by atoms with E-state index in [0.29, 0.717) is 52.4 Å². The van der Waals surface area contributed by atoms with Crippen LogP contribution in [0.4, 0.5) is 29.3 Å². The third kappa shape index (κ3) is 10.5. The number of phenols is 1. The molecule has 8 rings (SSSR count). The number of carboxylic acids is 1. The van der Waals surface area contributed by atoms with Gasteiger partial charge in [-0.1, -0.05) is 66.2 Å². The van der Waals surface area contributed by atoms with Crippen LogP contribution in [0.15, 0.2) is 95.8 Å². The Kier molecular flexibility index (Phi) is 13.2. The number of aliphatic hydroxyl groups is 1. The number of carbonyl (C=O) groups excluding carboxylic acids is 3. The van der Waals surface area contributed by atoms with E-state index in [1.165, 1.54) is 12.1 Å². The molecule has 6 N–H and O–H groups in total. The van der Waals surface area contributed by atoms with E-state index in [1.54, 1.807) is 24.3 Å². The van der Waals surface area contributed by atoms with Crippen LogP contribution in [0.25, 0.3) is 22.0 Å². The van der Waals surface area contributed by atoms with Gasteiger partial charge >= 0.3 is 12.3 Å². The summed E-state index contributed by atoms with van der Waals surface area (Å²) in [5, 5.41) is 39.9. The number of aromatic hydroxyl groups is 1. The summed E-state index contributed by atoms with van der Waals surface area (Å²) in [6, 6.07) is 27.6. The zero-order valence-corrected chi connectivity index (χ0v) is 34.8. The van der Waals surface area contributed by atoms with Crippen molar-refractivity contribution in [3.05, 3.63) is 123 Å². The van der Waals surface area contributed by atoms with Gasteiger partial charge in [0.1, 0.15) is 42.1 Å². The Morgan fingerprint density at radius 1 is 0.968 bits per heavy atom. The van der Waals surface area contributed by atoms with Gasteiger partial charge in [0, 0.05) is 60.1 Å². The molecule has 5 aromatic rings. The molecule has 1 aromatic heterocycles. The van der Waals surface area contributed by atoms with Gasteiger partial charge in [-0.05, 0) is 59.0 Å². The van der Waals surface area contributed by atoms with Gasteiger partial charge in [0.2, 0.25) is 11.5 Å². The van der Waals surface area contributed by atoms with Gasteiger partial charge < -0.3 is 49.7 Å². The maximum absolute atomic E-state index is 13.3. The lowest BCUT2D eigenvalue weighted by atomic mass is 9.96. The Bertz CT molecular complexity index is 2550. The molecule has 6 atom stereocenters. The number of H-pyrrole nitrogens is 1. The van der Waals surface area contributed by atoms with E-state index in [2.05, 4.69) is 35.0 Å². The maximum Gasteiger partial charge on any atom is 0.430 e. The number of anilines is 2. The molecule has 63 heavy (non-hydrogen) atoms. The van der Waals surface area contributed by atoms with Crippen LogP contribution in [0.1, 0.15) is 42.1 Å². The molecule has 4 heterocycles. The SMILES string of the molecule is C[N+]1(C)[C@@H]2C[C@@H](OC(=O)Nc3cc(CCC(=O)Nc4ccc(CNC[C@H](O)c5ccc(O)c6[nH]c(=O)ccc56)c(Cl)c4)ccc3-c3ccccc3)C[C@H]1[C@@H]1O[C@@H]12.O=C([O-])C(F)(F)F. The Morgan fingerprint density at radius 3 is 2.33 bits per heavy atom. The minimum Gasteiger partial charge on any atom is -0.542 e. The van der Waals surface area contributed by atoms with Crippen LogP contribution in [0.5, 0.6) is 5.75 Å². The topological polar surface area (TPSA) is 205 Å². The van der Waals surface area contributed by atoms with E-state index in [9.17, 15) is 37.8 Å². The maximum atomic E-state index is 13.3. The number of ether oxygens (including phenoxy) is 2. The molecule has 0 spiro atoms. The van der Waals surface area contributed by atoms with Crippen molar-refractivity contribution in [1.29, 1.82) is 0 Å². The molecular formula is C45H45ClF3N5O9. The minimum atomic E-state index is -5.19. The number of alkyl halides is 3. The van der Waals surface area contributed by atoms with Crippen LogP contribution in [0, 0.1) is 0 Å². The van der Waals surface area contributed by atoms with Gasteiger partial charge in [0.15, 0.2) is 0 Å². The number of amides is 2. The summed E-state index contributed by atoms with van der Waals surface area (Å²) < 4.78 is 44.3. The molecule has 332 valence electrons. The number of rotatable bonds is 12. The number of nitrogens with one attached hydrogen (secondary N) is 4. The second kappa shape index (κ2) is 18.4. The molecule has 3 fully saturated rings. The number of hydrogen-bond donors (Lipinski definition) is 6. The molecule has 4 aromatic carbocycles. The van der Waals surface area contributed by atoms with Crippen molar-refractivity contribution in [2.45, 2.75) is 74.9 Å². The number of aromatic nitrogens is 1. The summed E-state index contributed by atoms with van der Waals surface area (Å²) in [7, 11) is 4.49. The fourth-order valence-corrected chi connectivity index (χ4v) is 8.81. The first-order chi connectivity index (χ1) is 29.9.